The van der Waals surface area contributed by atoms with Crippen LogP contribution in [-0.2, 0) is 11.3 Å². The molecule has 0 bridgehead atoms. The summed E-state index contributed by atoms with van der Waals surface area (Å²) in [6, 6.07) is 22.0. The number of carbonyl (C=O) groups excluding carboxylic acids is 2. The van der Waals surface area contributed by atoms with Crippen LogP contribution in [0.3, 0.4) is 0 Å². The van der Waals surface area contributed by atoms with E-state index in [1.807, 2.05) is 49.4 Å². The molecule has 160 valence electrons. The maximum Gasteiger partial charge on any atom is 0.276 e. The van der Waals surface area contributed by atoms with Crippen LogP contribution in [0.25, 0.3) is 6.08 Å². The van der Waals surface area contributed by atoms with Crippen LogP contribution in [-0.4, -0.2) is 21.8 Å². The van der Waals surface area contributed by atoms with E-state index in [4.69, 9.17) is 23.8 Å². The van der Waals surface area contributed by atoms with E-state index in [-0.39, 0.29) is 18.4 Å². The predicted molar refractivity (Wildman–Crippen MR) is 131 cm³/mol. The lowest BCUT2D eigenvalue weighted by Crippen LogP contribution is -2.30. The maximum absolute atomic E-state index is 12.9. The summed E-state index contributed by atoms with van der Waals surface area (Å²) in [7, 11) is 0. The van der Waals surface area contributed by atoms with Crippen LogP contribution in [0.2, 0.25) is 5.02 Å². The third-order valence-corrected chi connectivity index (χ3v) is 5.71. The number of nitrogens with zero attached hydrogens (tertiary/aromatic N) is 1. The van der Waals surface area contributed by atoms with Crippen molar-refractivity contribution in [3.8, 4) is 0 Å². The number of hydrogen-bond donors (Lipinski definition) is 2. The smallest absolute Gasteiger partial charge is 0.276 e. The molecule has 7 heteroatoms. The van der Waals surface area contributed by atoms with Gasteiger partial charge in [0.15, 0.2) is 5.11 Å². The summed E-state index contributed by atoms with van der Waals surface area (Å²) >= 11 is 11.6. The minimum atomic E-state index is -0.232. The monoisotopic (exact) mass is 461 g/mol. The minimum absolute atomic E-state index is 0.197. The van der Waals surface area contributed by atoms with Crippen molar-refractivity contribution in [3.05, 3.63) is 106 Å². The first-order valence-corrected chi connectivity index (χ1v) is 10.8. The molecule has 1 heterocycles. The van der Waals surface area contributed by atoms with E-state index in [2.05, 4.69) is 10.6 Å². The van der Waals surface area contributed by atoms with E-state index in [0.717, 1.165) is 16.7 Å². The molecular weight excluding hydrogens is 442 g/mol. The number of aryl methyl sites for hydroxylation is 1. The Morgan fingerprint density at radius 3 is 2.59 bits per heavy atom. The molecular formula is C25H20ClN3O2S. The second-order valence-electron chi connectivity index (χ2n) is 7.42. The molecule has 0 unspecified atom stereocenters. The molecule has 4 rings (SSSR count). The summed E-state index contributed by atoms with van der Waals surface area (Å²) in [5.41, 5.74) is 4.23. The highest BCUT2D eigenvalue weighted by Gasteiger charge is 2.31. The molecule has 2 amide bonds. The van der Waals surface area contributed by atoms with Crippen molar-refractivity contribution in [1.29, 1.82) is 0 Å². The first-order chi connectivity index (χ1) is 15.4. The van der Waals surface area contributed by atoms with E-state index >= 15 is 0 Å². The number of benzene rings is 3. The van der Waals surface area contributed by atoms with E-state index in [1.165, 1.54) is 4.90 Å². The van der Waals surface area contributed by atoms with Crippen LogP contribution >= 0.6 is 23.8 Å². The summed E-state index contributed by atoms with van der Waals surface area (Å²) < 4.78 is 0. The van der Waals surface area contributed by atoms with Gasteiger partial charge in [0, 0.05) is 16.3 Å². The maximum atomic E-state index is 12.9. The Morgan fingerprint density at radius 2 is 1.84 bits per heavy atom. The lowest BCUT2D eigenvalue weighted by molar-refractivity contribution is -0.122. The van der Waals surface area contributed by atoms with Crippen molar-refractivity contribution >= 4 is 52.5 Å². The topological polar surface area (TPSA) is 61.4 Å². The second kappa shape index (κ2) is 9.34. The second-order valence-corrected chi connectivity index (χ2v) is 8.21. The number of amides is 2. The predicted octanol–water partition coefficient (Wildman–Crippen LogP) is 5.16. The number of hydrogen-bond acceptors (Lipinski definition) is 3. The van der Waals surface area contributed by atoms with Crippen molar-refractivity contribution in [2.45, 2.75) is 13.5 Å². The molecule has 0 atom stereocenters. The number of carbonyl (C=O) groups is 2. The Balaban J connectivity index is 1.49. The van der Waals surface area contributed by atoms with Crippen LogP contribution in [0.4, 0.5) is 5.69 Å². The molecule has 3 aromatic carbocycles. The molecule has 0 aliphatic carbocycles. The summed E-state index contributed by atoms with van der Waals surface area (Å²) in [5.74, 6) is -0.430. The third-order valence-electron chi connectivity index (χ3n) is 5.02. The van der Waals surface area contributed by atoms with E-state index < -0.39 is 0 Å². The van der Waals surface area contributed by atoms with Gasteiger partial charge in [-0.2, -0.15) is 0 Å². The van der Waals surface area contributed by atoms with Crippen LogP contribution < -0.4 is 10.6 Å². The highest BCUT2D eigenvalue weighted by Crippen LogP contribution is 2.22. The zero-order valence-electron chi connectivity index (χ0n) is 17.3. The van der Waals surface area contributed by atoms with Gasteiger partial charge >= 0.3 is 0 Å². The first kappa shape index (κ1) is 21.7. The quantitative estimate of drug-likeness (QED) is 0.407. The van der Waals surface area contributed by atoms with Crippen LogP contribution in [0.15, 0.2) is 78.5 Å². The zero-order valence-corrected chi connectivity index (χ0v) is 18.8. The zero-order chi connectivity index (χ0) is 22.7. The minimum Gasteiger partial charge on any atom is -0.328 e. The number of thiocarbonyl (C=S) groups is 1. The van der Waals surface area contributed by atoms with Gasteiger partial charge in [-0.05, 0) is 66.7 Å². The lowest BCUT2D eigenvalue weighted by atomic mass is 10.1. The van der Waals surface area contributed by atoms with Crippen molar-refractivity contribution in [2.24, 2.45) is 0 Å². The first-order valence-electron chi connectivity index (χ1n) is 9.97. The average molecular weight is 462 g/mol. The number of anilines is 1. The molecule has 0 spiro atoms. The lowest BCUT2D eigenvalue weighted by Gasteiger charge is -2.14. The van der Waals surface area contributed by atoms with Gasteiger partial charge in [0.2, 0.25) is 0 Å². The molecule has 0 saturated carbocycles. The molecule has 5 nitrogen and oxygen atoms in total. The van der Waals surface area contributed by atoms with Crippen molar-refractivity contribution in [3.63, 3.8) is 0 Å². The highest BCUT2D eigenvalue weighted by molar-refractivity contribution is 7.80. The van der Waals surface area contributed by atoms with Gasteiger partial charge in [-0.3, -0.25) is 14.5 Å². The Labute approximate surface area is 196 Å². The Morgan fingerprint density at radius 1 is 1.09 bits per heavy atom. The Hall–Kier alpha value is -3.48. The Kier molecular flexibility index (Phi) is 6.35. The summed E-state index contributed by atoms with van der Waals surface area (Å²) in [5, 5.41) is 6.76. The van der Waals surface area contributed by atoms with E-state index in [1.54, 1.807) is 36.4 Å². The fourth-order valence-corrected chi connectivity index (χ4v) is 3.75. The summed E-state index contributed by atoms with van der Waals surface area (Å²) in [6.45, 7) is 2.26. The van der Waals surface area contributed by atoms with Gasteiger partial charge in [-0.25, -0.2) is 0 Å². The molecule has 2 N–H and O–H groups in total. The Bertz CT molecular complexity index is 1240. The number of rotatable bonds is 5. The van der Waals surface area contributed by atoms with Gasteiger partial charge in [-0.15, -0.1) is 0 Å². The molecule has 1 aliphatic rings. The van der Waals surface area contributed by atoms with Crippen LogP contribution in [0, 0.1) is 6.92 Å². The third kappa shape index (κ3) is 4.88. The van der Waals surface area contributed by atoms with E-state index in [9.17, 15) is 9.59 Å². The highest BCUT2D eigenvalue weighted by atomic mass is 35.5. The summed E-state index contributed by atoms with van der Waals surface area (Å²) in [4.78, 5) is 26.9. The van der Waals surface area contributed by atoms with Gasteiger partial charge in [-0.1, -0.05) is 59.6 Å². The molecule has 0 radical (unpaired) electrons. The molecule has 3 aromatic rings. The number of halogens is 1. The van der Waals surface area contributed by atoms with Gasteiger partial charge in [0.1, 0.15) is 5.70 Å². The van der Waals surface area contributed by atoms with Gasteiger partial charge < -0.3 is 10.6 Å². The fourth-order valence-electron chi connectivity index (χ4n) is 3.29. The molecule has 32 heavy (non-hydrogen) atoms. The van der Waals surface area contributed by atoms with Gasteiger partial charge in [0.25, 0.3) is 11.8 Å². The van der Waals surface area contributed by atoms with Crippen molar-refractivity contribution < 1.29 is 9.59 Å². The molecule has 1 saturated heterocycles. The normalized spacial score (nSPS) is 14.6. The average Bonchev–Trinajstić information content (AvgIpc) is 3.03. The molecule has 1 fully saturated rings. The van der Waals surface area contributed by atoms with Crippen LogP contribution in [0.1, 0.15) is 27.0 Å². The van der Waals surface area contributed by atoms with Crippen molar-refractivity contribution in [2.75, 3.05) is 5.32 Å². The van der Waals surface area contributed by atoms with Gasteiger partial charge in [0.05, 0.1) is 6.54 Å². The van der Waals surface area contributed by atoms with E-state index in [0.29, 0.717) is 27.1 Å². The molecule has 1 aliphatic heterocycles. The van der Waals surface area contributed by atoms with Crippen molar-refractivity contribution in [1.82, 2.24) is 10.2 Å². The SMILES string of the molecule is Cc1ccc(C(=O)Nc2cccc(/C=C3\NC(=S)N(Cc4ccccc4Cl)C3=O)c2)cc1. The number of nitrogens with one attached hydrogen (secondary N) is 2. The molecule has 0 aromatic heterocycles. The fraction of sp³-hybridized carbons (Fsp3) is 0.0800. The summed E-state index contributed by atoms with van der Waals surface area (Å²) in [6.07, 6.45) is 1.71. The largest absolute Gasteiger partial charge is 0.328 e. The van der Waals surface area contributed by atoms with Crippen LogP contribution in [0.5, 0.6) is 0 Å². The standard InChI is InChI=1S/C25H20ClN3O2S/c1-16-9-11-18(12-10-16)23(30)27-20-7-4-5-17(13-20)14-22-24(31)29(25(32)28-22)15-19-6-2-3-8-21(19)26/h2-14H,15H2,1H3,(H,27,30)(H,28,32)/b22-14-.